The molecule has 0 saturated carbocycles. The van der Waals surface area contributed by atoms with Gasteiger partial charge in [-0.05, 0) is 39.5 Å². The number of hydrogen-bond acceptors (Lipinski definition) is 3. The molecule has 108 valence electrons. The van der Waals surface area contributed by atoms with Crippen molar-refractivity contribution in [3.63, 3.8) is 0 Å². The normalized spacial score (nSPS) is 26.0. The number of ether oxygens (including phenoxy) is 1. The molecule has 1 saturated heterocycles. The summed E-state index contributed by atoms with van der Waals surface area (Å²) in [5.74, 6) is 0. The minimum atomic E-state index is 0.203. The second kappa shape index (κ2) is 6.36. The highest BCUT2D eigenvalue weighted by molar-refractivity contribution is 4.84. The van der Waals surface area contributed by atoms with Crippen molar-refractivity contribution >= 4 is 0 Å². The summed E-state index contributed by atoms with van der Waals surface area (Å²) < 4.78 is 5.61. The Morgan fingerprint density at radius 3 is 2.44 bits per heavy atom. The Kier molecular flexibility index (Phi) is 5.63. The van der Waals surface area contributed by atoms with Crippen LogP contribution in [0.4, 0.5) is 0 Å². The molecule has 0 radical (unpaired) electrons. The van der Waals surface area contributed by atoms with E-state index in [2.05, 4.69) is 51.8 Å². The average molecular weight is 256 g/mol. The molecular formula is C15H32N2O. The van der Waals surface area contributed by atoms with Gasteiger partial charge in [0.15, 0.2) is 0 Å². The van der Waals surface area contributed by atoms with Gasteiger partial charge in [-0.15, -0.1) is 0 Å². The van der Waals surface area contributed by atoms with E-state index in [0.29, 0.717) is 11.5 Å². The standard InChI is InChI=1S/C15H32N2O/c1-7-15(6,11-16-14(3,4)5)12-17-8-9-18-13(2)10-17/h13,16H,7-12H2,1-6H3. The zero-order valence-corrected chi connectivity index (χ0v) is 13.2. The smallest absolute Gasteiger partial charge is 0.0674 e. The lowest BCUT2D eigenvalue weighted by Crippen LogP contribution is -2.50. The van der Waals surface area contributed by atoms with Crippen molar-refractivity contribution in [3.8, 4) is 0 Å². The van der Waals surface area contributed by atoms with Gasteiger partial charge in [0.25, 0.3) is 0 Å². The highest BCUT2D eigenvalue weighted by Crippen LogP contribution is 2.23. The quantitative estimate of drug-likeness (QED) is 0.818. The monoisotopic (exact) mass is 256 g/mol. The van der Waals surface area contributed by atoms with Crippen molar-refractivity contribution in [2.75, 3.05) is 32.8 Å². The fourth-order valence-corrected chi connectivity index (χ4v) is 2.35. The molecule has 1 fully saturated rings. The molecule has 0 spiro atoms. The van der Waals surface area contributed by atoms with Gasteiger partial charge in [0.1, 0.15) is 0 Å². The van der Waals surface area contributed by atoms with E-state index in [0.717, 1.165) is 26.2 Å². The predicted octanol–water partition coefficient (Wildman–Crippen LogP) is 2.51. The van der Waals surface area contributed by atoms with E-state index in [9.17, 15) is 0 Å². The van der Waals surface area contributed by atoms with Crippen LogP contribution in [-0.2, 0) is 4.74 Å². The Morgan fingerprint density at radius 1 is 1.28 bits per heavy atom. The Labute approximate surface area is 113 Å². The van der Waals surface area contributed by atoms with Crippen LogP contribution in [0.2, 0.25) is 0 Å². The van der Waals surface area contributed by atoms with Crippen LogP contribution in [-0.4, -0.2) is 49.3 Å². The molecule has 1 aliphatic rings. The molecule has 0 aromatic rings. The molecule has 1 N–H and O–H groups in total. The van der Waals surface area contributed by atoms with Gasteiger partial charge in [-0.1, -0.05) is 13.8 Å². The highest BCUT2D eigenvalue weighted by Gasteiger charge is 2.28. The second-order valence-electron chi connectivity index (χ2n) is 7.18. The third-order valence-electron chi connectivity index (χ3n) is 3.83. The molecule has 1 heterocycles. The summed E-state index contributed by atoms with van der Waals surface area (Å²) in [6.07, 6.45) is 1.59. The molecule has 3 heteroatoms. The molecule has 0 aromatic heterocycles. The Hall–Kier alpha value is -0.120. The molecular weight excluding hydrogens is 224 g/mol. The van der Waals surface area contributed by atoms with Gasteiger partial charge in [0.05, 0.1) is 12.7 Å². The van der Waals surface area contributed by atoms with Gasteiger partial charge in [-0.2, -0.15) is 0 Å². The van der Waals surface area contributed by atoms with E-state index in [1.54, 1.807) is 0 Å². The van der Waals surface area contributed by atoms with Gasteiger partial charge < -0.3 is 10.1 Å². The Bertz CT molecular complexity index is 249. The van der Waals surface area contributed by atoms with E-state index < -0.39 is 0 Å². The molecule has 18 heavy (non-hydrogen) atoms. The van der Waals surface area contributed by atoms with Crippen molar-refractivity contribution in [1.29, 1.82) is 0 Å². The molecule has 0 bridgehead atoms. The summed E-state index contributed by atoms with van der Waals surface area (Å²) in [7, 11) is 0. The fourth-order valence-electron chi connectivity index (χ4n) is 2.35. The van der Waals surface area contributed by atoms with E-state index in [1.807, 2.05) is 0 Å². The minimum Gasteiger partial charge on any atom is -0.376 e. The summed E-state index contributed by atoms with van der Waals surface area (Å²) in [4.78, 5) is 2.56. The Morgan fingerprint density at radius 2 is 1.94 bits per heavy atom. The lowest BCUT2D eigenvalue weighted by Gasteiger charge is -2.40. The summed E-state index contributed by atoms with van der Waals surface area (Å²) in [6.45, 7) is 18.9. The van der Waals surface area contributed by atoms with Crippen LogP contribution >= 0.6 is 0 Å². The number of nitrogens with one attached hydrogen (secondary N) is 1. The summed E-state index contributed by atoms with van der Waals surface area (Å²) >= 11 is 0. The average Bonchev–Trinajstić information content (AvgIpc) is 2.26. The fraction of sp³-hybridized carbons (Fsp3) is 1.00. The van der Waals surface area contributed by atoms with Crippen LogP contribution < -0.4 is 5.32 Å². The van der Waals surface area contributed by atoms with Crippen LogP contribution in [0.1, 0.15) is 48.0 Å². The number of rotatable bonds is 5. The van der Waals surface area contributed by atoms with Crippen molar-refractivity contribution in [3.05, 3.63) is 0 Å². The molecule has 0 amide bonds. The van der Waals surface area contributed by atoms with Crippen molar-refractivity contribution in [2.24, 2.45) is 5.41 Å². The van der Waals surface area contributed by atoms with Crippen LogP contribution in [0.5, 0.6) is 0 Å². The van der Waals surface area contributed by atoms with Gasteiger partial charge in [0, 0.05) is 31.7 Å². The molecule has 2 atom stereocenters. The topological polar surface area (TPSA) is 24.5 Å². The minimum absolute atomic E-state index is 0.203. The van der Waals surface area contributed by atoms with Crippen molar-refractivity contribution < 1.29 is 4.74 Å². The van der Waals surface area contributed by atoms with Crippen LogP contribution in [0, 0.1) is 5.41 Å². The molecule has 2 unspecified atom stereocenters. The lowest BCUT2D eigenvalue weighted by atomic mass is 9.85. The van der Waals surface area contributed by atoms with Crippen LogP contribution in [0.15, 0.2) is 0 Å². The zero-order valence-electron chi connectivity index (χ0n) is 13.2. The maximum atomic E-state index is 5.61. The molecule has 0 aliphatic carbocycles. The van der Waals surface area contributed by atoms with Gasteiger partial charge in [-0.25, -0.2) is 0 Å². The number of morpholine rings is 1. The lowest BCUT2D eigenvalue weighted by molar-refractivity contribution is -0.0315. The van der Waals surface area contributed by atoms with E-state index >= 15 is 0 Å². The highest BCUT2D eigenvalue weighted by atomic mass is 16.5. The largest absolute Gasteiger partial charge is 0.376 e. The maximum Gasteiger partial charge on any atom is 0.0674 e. The van der Waals surface area contributed by atoms with E-state index in [4.69, 9.17) is 4.74 Å². The summed E-state index contributed by atoms with van der Waals surface area (Å²) in [5, 5.41) is 3.66. The van der Waals surface area contributed by atoms with Gasteiger partial charge >= 0.3 is 0 Å². The van der Waals surface area contributed by atoms with Crippen molar-refractivity contribution in [1.82, 2.24) is 10.2 Å². The first kappa shape index (κ1) is 15.9. The first-order valence-corrected chi connectivity index (χ1v) is 7.33. The Balaban J connectivity index is 2.48. The first-order chi connectivity index (χ1) is 8.24. The summed E-state index contributed by atoms with van der Waals surface area (Å²) in [5.41, 5.74) is 0.555. The zero-order chi connectivity index (χ0) is 13.8. The maximum absolute atomic E-state index is 5.61. The van der Waals surface area contributed by atoms with E-state index in [1.165, 1.54) is 13.0 Å². The first-order valence-electron chi connectivity index (χ1n) is 7.33. The molecule has 0 aromatic carbocycles. The van der Waals surface area contributed by atoms with Crippen LogP contribution in [0.25, 0.3) is 0 Å². The number of hydrogen-bond donors (Lipinski definition) is 1. The van der Waals surface area contributed by atoms with Crippen molar-refractivity contribution in [2.45, 2.75) is 59.6 Å². The third kappa shape index (κ3) is 5.68. The third-order valence-corrected chi connectivity index (χ3v) is 3.83. The van der Waals surface area contributed by atoms with Gasteiger partial charge in [0.2, 0.25) is 0 Å². The molecule has 1 rings (SSSR count). The molecule has 1 aliphatic heterocycles. The number of nitrogens with zero attached hydrogens (tertiary/aromatic N) is 1. The summed E-state index contributed by atoms with van der Waals surface area (Å²) in [6, 6.07) is 0. The second-order valence-corrected chi connectivity index (χ2v) is 7.18. The molecule has 3 nitrogen and oxygen atoms in total. The van der Waals surface area contributed by atoms with Gasteiger partial charge in [-0.3, -0.25) is 4.90 Å². The SMILES string of the molecule is CCC(C)(CNC(C)(C)C)CN1CCOC(C)C1. The predicted molar refractivity (Wildman–Crippen MR) is 78.0 cm³/mol. The van der Waals surface area contributed by atoms with Crippen LogP contribution in [0.3, 0.4) is 0 Å². The van der Waals surface area contributed by atoms with E-state index in [-0.39, 0.29) is 5.54 Å².